The first-order valence-electron chi connectivity index (χ1n) is 8.30. The molecule has 7 nitrogen and oxygen atoms in total. The van der Waals surface area contributed by atoms with Gasteiger partial charge < -0.3 is 4.74 Å². The molecule has 0 atom stereocenters. The van der Waals surface area contributed by atoms with E-state index < -0.39 is 4.92 Å². The summed E-state index contributed by atoms with van der Waals surface area (Å²) < 4.78 is 5.25. The van der Waals surface area contributed by atoms with Crippen LogP contribution >= 0.6 is 0 Å². The number of ether oxygens (including phenoxy) is 1. The van der Waals surface area contributed by atoms with Crippen molar-refractivity contribution in [2.45, 2.75) is 26.7 Å². The van der Waals surface area contributed by atoms with Gasteiger partial charge in [-0.3, -0.25) is 14.9 Å². The molecule has 2 aromatic carbocycles. The van der Waals surface area contributed by atoms with Gasteiger partial charge in [-0.2, -0.15) is 5.10 Å². The number of nitrogens with one attached hydrogen (secondary N) is 1. The Morgan fingerprint density at radius 3 is 2.62 bits per heavy atom. The van der Waals surface area contributed by atoms with Crippen LogP contribution in [0.3, 0.4) is 0 Å². The molecule has 0 saturated heterocycles. The van der Waals surface area contributed by atoms with Crippen LogP contribution in [0.15, 0.2) is 53.6 Å². The first kappa shape index (κ1) is 19.1. The van der Waals surface area contributed by atoms with E-state index in [0.717, 1.165) is 5.56 Å². The van der Waals surface area contributed by atoms with Crippen molar-refractivity contribution in [1.82, 2.24) is 5.43 Å². The number of hydrogen-bond acceptors (Lipinski definition) is 5. The second-order valence-corrected chi connectivity index (χ2v) is 5.59. The van der Waals surface area contributed by atoms with E-state index in [1.54, 1.807) is 19.9 Å². The minimum atomic E-state index is -0.500. The van der Waals surface area contributed by atoms with Crippen molar-refractivity contribution >= 4 is 17.3 Å². The third-order valence-electron chi connectivity index (χ3n) is 3.71. The van der Waals surface area contributed by atoms with Crippen LogP contribution in [0.2, 0.25) is 0 Å². The quantitative estimate of drug-likeness (QED) is 0.446. The average molecular weight is 355 g/mol. The number of nitrogens with zero attached hydrogens (tertiary/aromatic N) is 2. The summed E-state index contributed by atoms with van der Waals surface area (Å²) in [4.78, 5) is 22.6. The molecule has 0 unspecified atom stereocenters. The molecule has 2 aromatic rings. The van der Waals surface area contributed by atoms with Gasteiger partial charge in [0.2, 0.25) is 5.91 Å². The van der Waals surface area contributed by atoms with E-state index in [1.807, 2.05) is 30.3 Å². The van der Waals surface area contributed by atoms with Gasteiger partial charge >= 0.3 is 5.69 Å². The number of hydrazone groups is 1. The number of hydrogen-bond donors (Lipinski definition) is 1. The highest BCUT2D eigenvalue weighted by Crippen LogP contribution is 2.28. The molecule has 0 aliphatic rings. The molecule has 0 radical (unpaired) electrons. The third-order valence-corrected chi connectivity index (χ3v) is 3.71. The fourth-order valence-corrected chi connectivity index (χ4v) is 2.33. The van der Waals surface area contributed by atoms with Crippen molar-refractivity contribution in [3.63, 3.8) is 0 Å². The van der Waals surface area contributed by atoms with Gasteiger partial charge in [-0.25, -0.2) is 5.43 Å². The Labute approximate surface area is 151 Å². The van der Waals surface area contributed by atoms with Gasteiger partial charge in [-0.15, -0.1) is 0 Å². The monoisotopic (exact) mass is 355 g/mol. The van der Waals surface area contributed by atoms with Crippen LogP contribution in [0.5, 0.6) is 5.75 Å². The molecule has 0 aromatic heterocycles. The molecule has 136 valence electrons. The molecule has 0 bridgehead atoms. The van der Waals surface area contributed by atoms with Crippen LogP contribution in [0, 0.1) is 10.1 Å². The third kappa shape index (κ3) is 5.41. The molecule has 0 spiro atoms. The lowest BCUT2D eigenvalue weighted by Gasteiger charge is -2.07. The zero-order valence-electron chi connectivity index (χ0n) is 14.8. The van der Waals surface area contributed by atoms with Crippen LogP contribution in [0.25, 0.3) is 0 Å². The first-order chi connectivity index (χ1) is 12.5. The van der Waals surface area contributed by atoms with Crippen molar-refractivity contribution < 1.29 is 14.5 Å². The normalized spacial score (nSPS) is 11.1. The SMILES string of the molecule is CCOc1ccc(/C(C)=N\NC(=O)CCc2ccccc2)cc1[N+](=O)[O-]. The molecule has 7 heteroatoms. The summed E-state index contributed by atoms with van der Waals surface area (Å²) >= 11 is 0. The van der Waals surface area contributed by atoms with Crippen LogP contribution < -0.4 is 10.2 Å². The number of nitro groups is 1. The molecule has 0 aliphatic heterocycles. The number of nitro benzene ring substituents is 1. The van der Waals surface area contributed by atoms with Crippen molar-refractivity contribution in [2.75, 3.05) is 6.61 Å². The van der Waals surface area contributed by atoms with E-state index in [4.69, 9.17) is 4.74 Å². The summed E-state index contributed by atoms with van der Waals surface area (Å²) in [6.07, 6.45) is 0.931. The number of carbonyl (C=O) groups excluding carboxylic acids is 1. The van der Waals surface area contributed by atoms with E-state index >= 15 is 0 Å². The molecule has 26 heavy (non-hydrogen) atoms. The van der Waals surface area contributed by atoms with Gasteiger partial charge in [0, 0.05) is 18.1 Å². The van der Waals surface area contributed by atoms with E-state index in [2.05, 4.69) is 10.5 Å². The lowest BCUT2D eigenvalue weighted by Crippen LogP contribution is -2.19. The molecule has 0 heterocycles. The van der Waals surface area contributed by atoms with Gasteiger partial charge in [-0.05, 0) is 38.0 Å². The molecule has 0 saturated carbocycles. The lowest BCUT2D eigenvalue weighted by atomic mass is 10.1. The minimum Gasteiger partial charge on any atom is -0.487 e. The van der Waals surface area contributed by atoms with Gasteiger partial charge in [-0.1, -0.05) is 30.3 Å². The Morgan fingerprint density at radius 2 is 1.96 bits per heavy atom. The molecule has 0 aliphatic carbocycles. The predicted octanol–water partition coefficient (Wildman–Crippen LogP) is 3.47. The Kier molecular flexibility index (Phi) is 6.84. The van der Waals surface area contributed by atoms with Crippen LogP contribution in [0.1, 0.15) is 31.4 Å². The highest BCUT2D eigenvalue weighted by molar-refractivity contribution is 6.00. The smallest absolute Gasteiger partial charge is 0.311 e. The summed E-state index contributed by atoms with van der Waals surface area (Å²) in [5, 5.41) is 15.2. The largest absolute Gasteiger partial charge is 0.487 e. The van der Waals surface area contributed by atoms with Crippen molar-refractivity contribution in [3.05, 3.63) is 69.8 Å². The number of carbonyl (C=O) groups is 1. The van der Waals surface area contributed by atoms with Gasteiger partial charge in [0.15, 0.2) is 5.75 Å². The summed E-state index contributed by atoms with van der Waals surface area (Å²) in [6, 6.07) is 14.3. The second-order valence-electron chi connectivity index (χ2n) is 5.59. The predicted molar refractivity (Wildman–Crippen MR) is 99.4 cm³/mol. The fraction of sp³-hybridized carbons (Fsp3) is 0.263. The topological polar surface area (TPSA) is 93.8 Å². The van der Waals surface area contributed by atoms with Gasteiger partial charge in [0.25, 0.3) is 0 Å². The van der Waals surface area contributed by atoms with E-state index in [1.165, 1.54) is 12.1 Å². The van der Waals surface area contributed by atoms with E-state index in [0.29, 0.717) is 30.7 Å². The summed E-state index contributed by atoms with van der Waals surface area (Å²) in [7, 11) is 0. The number of amides is 1. The summed E-state index contributed by atoms with van der Waals surface area (Å²) in [6.45, 7) is 3.77. The minimum absolute atomic E-state index is 0.130. The lowest BCUT2D eigenvalue weighted by molar-refractivity contribution is -0.385. The van der Waals surface area contributed by atoms with E-state index in [9.17, 15) is 14.9 Å². The maximum absolute atomic E-state index is 11.9. The highest BCUT2D eigenvalue weighted by Gasteiger charge is 2.16. The maximum atomic E-state index is 11.9. The average Bonchev–Trinajstić information content (AvgIpc) is 2.65. The highest BCUT2D eigenvalue weighted by atomic mass is 16.6. The number of benzene rings is 2. The first-order valence-corrected chi connectivity index (χ1v) is 8.30. The van der Waals surface area contributed by atoms with E-state index in [-0.39, 0.29) is 17.3 Å². The zero-order valence-corrected chi connectivity index (χ0v) is 14.8. The molecule has 2 rings (SSSR count). The van der Waals surface area contributed by atoms with Gasteiger partial charge in [0.1, 0.15) is 0 Å². The number of rotatable bonds is 8. The molecular formula is C19H21N3O4. The second kappa shape index (κ2) is 9.31. The van der Waals surface area contributed by atoms with Crippen LogP contribution in [0.4, 0.5) is 5.69 Å². The van der Waals surface area contributed by atoms with Crippen LogP contribution in [-0.4, -0.2) is 23.1 Å². The Hall–Kier alpha value is -3.22. The Balaban J connectivity index is 2.01. The molecular weight excluding hydrogens is 334 g/mol. The maximum Gasteiger partial charge on any atom is 0.311 e. The summed E-state index contributed by atoms with van der Waals surface area (Å²) in [5.41, 5.74) is 4.45. The van der Waals surface area contributed by atoms with Gasteiger partial charge in [0.05, 0.1) is 17.2 Å². The Morgan fingerprint density at radius 1 is 1.23 bits per heavy atom. The fourth-order valence-electron chi connectivity index (χ4n) is 2.33. The van der Waals surface area contributed by atoms with Crippen molar-refractivity contribution in [1.29, 1.82) is 0 Å². The molecule has 0 fully saturated rings. The zero-order chi connectivity index (χ0) is 18.9. The van der Waals surface area contributed by atoms with Crippen molar-refractivity contribution in [3.8, 4) is 5.75 Å². The molecule has 1 N–H and O–H groups in total. The summed E-state index contributed by atoms with van der Waals surface area (Å²) in [5.74, 6) is -0.00501. The molecule has 1 amide bonds. The number of aryl methyl sites for hydroxylation is 1. The Bertz CT molecular complexity index is 804. The standard InChI is InChI=1S/C19H21N3O4/c1-3-26-18-11-10-16(13-17(18)22(24)25)14(2)20-21-19(23)12-9-15-7-5-4-6-8-15/h4-8,10-11,13H,3,9,12H2,1-2H3,(H,21,23)/b20-14-. The van der Waals surface area contributed by atoms with Crippen molar-refractivity contribution in [2.24, 2.45) is 5.10 Å². The van der Waals surface area contributed by atoms with Crippen LogP contribution in [-0.2, 0) is 11.2 Å².